The molecule has 0 atom stereocenters. The number of hydrogen-bond donors (Lipinski definition) is 3. The van der Waals surface area contributed by atoms with Gasteiger partial charge in [0.1, 0.15) is 11.4 Å². The van der Waals surface area contributed by atoms with Crippen LogP contribution in [0.15, 0.2) is 17.3 Å². The van der Waals surface area contributed by atoms with E-state index in [2.05, 4.69) is 9.82 Å². The summed E-state index contributed by atoms with van der Waals surface area (Å²) in [4.78, 5) is 10.2. The molecule has 1 aromatic heterocycles. The summed E-state index contributed by atoms with van der Waals surface area (Å²) in [6.45, 7) is -0.566. The van der Waals surface area contributed by atoms with Crippen LogP contribution in [0.25, 0.3) is 0 Å². The van der Waals surface area contributed by atoms with Crippen molar-refractivity contribution >= 4 is 26.0 Å². The third-order valence-corrected chi connectivity index (χ3v) is 4.39. The lowest BCUT2D eigenvalue weighted by atomic mass is 10.5. The molecule has 0 fully saturated rings. The first-order valence-corrected chi connectivity index (χ1v) is 8.54. The fraction of sp³-hybridized carbons (Fsp3) is 0.500. The molecule has 0 saturated heterocycles. The average Bonchev–Trinajstić information content (AvgIpc) is 2.71. The number of sulfonamides is 2. The van der Waals surface area contributed by atoms with Crippen molar-refractivity contribution in [3.05, 3.63) is 12.4 Å². The van der Waals surface area contributed by atoms with Crippen molar-refractivity contribution in [1.82, 2.24) is 14.5 Å². The maximum absolute atomic E-state index is 11.8. The molecule has 12 heteroatoms. The fourth-order valence-corrected chi connectivity index (χ4v) is 2.84. The molecule has 0 radical (unpaired) electrons. The zero-order chi connectivity index (χ0) is 15.4. The normalized spacial score (nSPS) is 12.4. The van der Waals surface area contributed by atoms with Gasteiger partial charge in [-0.25, -0.2) is 26.7 Å². The standard InChI is InChI=1S/C8H14N4O6S2/c9-19(15,16)3-1-2-11-20(17,18)7-4-10-12(5-7)6-8(13)14/h4-5,11H,1-3,6H2,(H,13,14)(H2,9,15,16). The van der Waals surface area contributed by atoms with Crippen LogP contribution in [0.1, 0.15) is 6.42 Å². The van der Waals surface area contributed by atoms with Crippen molar-refractivity contribution in [2.75, 3.05) is 12.3 Å². The number of nitrogens with zero attached hydrogens (tertiary/aromatic N) is 2. The van der Waals surface area contributed by atoms with E-state index in [0.29, 0.717) is 0 Å². The zero-order valence-electron chi connectivity index (χ0n) is 10.3. The second kappa shape index (κ2) is 6.30. The highest BCUT2D eigenvalue weighted by Crippen LogP contribution is 2.06. The van der Waals surface area contributed by atoms with Crippen LogP contribution in [-0.2, 0) is 31.4 Å². The van der Waals surface area contributed by atoms with E-state index in [1.54, 1.807) is 0 Å². The lowest BCUT2D eigenvalue weighted by molar-refractivity contribution is -0.137. The monoisotopic (exact) mass is 326 g/mol. The van der Waals surface area contributed by atoms with E-state index in [4.69, 9.17) is 10.2 Å². The molecule has 0 aromatic carbocycles. The maximum atomic E-state index is 11.8. The van der Waals surface area contributed by atoms with Gasteiger partial charge < -0.3 is 5.11 Å². The molecule has 0 aliphatic heterocycles. The number of carboxylic acids is 1. The Morgan fingerprint density at radius 2 is 2.05 bits per heavy atom. The lowest BCUT2D eigenvalue weighted by Gasteiger charge is -2.03. The SMILES string of the molecule is NS(=O)(=O)CCCNS(=O)(=O)c1cnn(CC(=O)O)c1. The number of carboxylic acid groups (broad SMARTS) is 1. The summed E-state index contributed by atoms with van der Waals surface area (Å²) in [7, 11) is -7.49. The van der Waals surface area contributed by atoms with E-state index in [1.165, 1.54) is 0 Å². The number of primary sulfonamides is 1. The van der Waals surface area contributed by atoms with Gasteiger partial charge >= 0.3 is 5.97 Å². The zero-order valence-corrected chi connectivity index (χ0v) is 11.9. The van der Waals surface area contributed by atoms with Crippen LogP contribution >= 0.6 is 0 Å². The number of nitrogens with one attached hydrogen (secondary N) is 1. The Hall–Kier alpha value is -1.50. The second-order valence-corrected chi connectivity index (χ2v) is 7.39. The van der Waals surface area contributed by atoms with E-state index >= 15 is 0 Å². The molecule has 0 aliphatic rings. The number of carbonyl (C=O) groups is 1. The van der Waals surface area contributed by atoms with Gasteiger partial charge in [-0.15, -0.1) is 0 Å². The van der Waals surface area contributed by atoms with Crippen molar-refractivity contribution in [3.8, 4) is 0 Å². The molecule has 0 unspecified atom stereocenters. The molecule has 0 amide bonds. The van der Waals surface area contributed by atoms with Gasteiger partial charge in [-0.3, -0.25) is 9.48 Å². The molecule has 1 heterocycles. The van der Waals surface area contributed by atoms with Crippen LogP contribution in [0.4, 0.5) is 0 Å². The minimum Gasteiger partial charge on any atom is -0.480 e. The van der Waals surface area contributed by atoms with Crippen LogP contribution in [0.2, 0.25) is 0 Å². The van der Waals surface area contributed by atoms with Crippen LogP contribution < -0.4 is 9.86 Å². The molecule has 4 N–H and O–H groups in total. The largest absolute Gasteiger partial charge is 0.480 e. The van der Waals surface area contributed by atoms with Gasteiger partial charge in [0, 0.05) is 12.7 Å². The first-order chi connectivity index (χ1) is 9.10. The number of aromatic nitrogens is 2. The van der Waals surface area contributed by atoms with Crippen molar-refractivity contribution in [2.45, 2.75) is 17.9 Å². The summed E-state index contributed by atoms with van der Waals surface area (Å²) in [5, 5.41) is 16.9. The number of hydrogen-bond acceptors (Lipinski definition) is 6. The summed E-state index contributed by atoms with van der Waals surface area (Å²) in [5.41, 5.74) is 0. The van der Waals surface area contributed by atoms with Crippen LogP contribution in [0, 0.1) is 0 Å². The number of nitrogens with two attached hydrogens (primary N) is 1. The summed E-state index contributed by atoms with van der Waals surface area (Å²) in [6, 6.07) is 0. The summed E-state index contributed by atoms with van der Waals surface area (Å²) in [5.74, 6) is -1.49. The van der Waals surface area contributed by atoms with E-state index in [-0.39, 0.29) is 23.6 Å². The van der Waals surface area contributed by atoms with E-state index in [0.717, 1.165) is 17.1 Å². The third kappa shape index (κ3) is 5.64. The van der Waals surface area contributed by atoms with E-state index in [1.807, 2.05) is 0 Å². The molecule has 114 valence electrons. The molecule has 20 heavy (non-hydrogen) atoms. The van der Waals surface area contributed by atoms with Gasteiger partial charge in [0.25, 0.3) is 0 Å². The van der Waals surface area contributed by atoms with Gasteiger partial charge in [-0.1, -0.05) is 0 Å². The quantitative estimate of drug-likeness (QED) is 0.462. The van der Waals surface area contributed by atoms with Crippen molar-refractivity contribution in [1.29, 1.82) is 0 Å². The molecular formula is C8H14N4O6S2. The smallest absolute Gasteiger partial charge is 0.325 e. The Bertz CT molecular complexity index is 678. The van der Waals surface area contributed by atoms with Gasteiger partial charge in [-0.05, 0) is 6.42 Å². The molecule has 0 saturated carbocycles. The third-order valence-electron chi connectivity index (χ3n) is 2.11. The Morgan fingerprint density at radius 1 is 1.40 bits per heavy atom. The van der Waals surface area contributed by atoms with Gasteiger partial charge in [-0.2, -0.15) is 5.10 Å². The van der Waals surface area contributed by atoms with Crippen molar-refractivity contribution < 1.29 is 26.7 Å². The molecule has 0 spiro atoms. The fourth-order valence-electron chi connectivity index (χ4n) is 1.27. The summed E-state index contributed by atoms with van der Waals surface area (Å²) in [6.07, 6.45) is 2.10. The topological polar surface area (TPSA) is 161 Å². The highest BCUT2D eigenvalue weighted by molar-refractivity contribution is 7.89. The van der Waals surface area contributed by atoms with Crippen LogP contribution in [0.5, 0.6) is 0 Å². The van der Waals surface area contributed by atoms with Crippen molar-refractivity contribution in [2.24, 2.45) is 5.14 Å². The van der Waals surface area contributed by atoms with Gasteiger partial charge in [0.15, 0.2) is 0 Å². The Labute approximate surface area is 115 Å². The second-order valence-electron chi connectivity index (χ2n) is 3.89. The van der Waals surface area contributed by atoms with Gasteiger partial charge in [0.2, 0.25) is 20.0 Å². The molecule has 0 aliphatic carbocycles. The summed E-state index contributed by atoms with van der Waals surface area (Å²) < 4.78 is 48.0. The molecule has 1 aromatic rings. The van der Waals surface area contributed by atoms with Crippen LogP contribution in [0.3, 0.4) is 0 Å². The average molecular weight is 326 g/mol. The Balaban J connectivity index is 2.60. The Kier molecular flexibility index (Phi) is 5.21. The first kappa shape index (κ1) is 16.6. The predicted octanol–water partition coefficient (Wildman–Crippen LogP) is -2.08. The number of aliphatic carboxylic acids is 1. The highest BCUT2D eigenvalue weighted by atomic mass is 32.2. The van der Waals surface area contributed by atoms with E-state index in [9.17, 15) is 21.6 Å². The van der Waals surface area contributed by atoms with Crippen LogP contribution in [-0.4, -0.2) is 50.0 Å². The molecule has 1 rings (SSSR count). The molecule has 0 bridgehead atoms. The minimum atomic E-state index is -3.85. The molecular weight excluding hydrogens is 312 g/mol. The lowest BCUT2D eigenvalue weighted by Crippen LogP contribution is -2.27. The summed E-state index contributed by atoms with van der Waals surface area (Å²) >= 11 is 0. The minimum absolute atomic E-state index is 0.0291. The number of rotatable bonds is 8. The van der Waals surface area contributed by atoms with Crippen molar-refractivity contribution in [3.63, 3.8) is 0 Å². The van der Waals surface area contributed by atoms with E-state index < -0.39 is 32.6 Å². The predicted molar refractivity (Wildman–Crippen MR) is 67.6 cm³/mol. The Morgan fingerprint density at radius 3 is 2.60 bits per heavy atom. The maximum Gasteiger partial charge on any atom is 0.325 e. The van der Waals surface area contributed by atoms with Gasteiger partial charge in [0.05, 0.1) is 11.9 Å². The molecule has 10 nitrogen and oxygen atoms in total. The first-order valence-electron chi connectivity index (χ1n) is 5.34. The highest BCUT2D eigenvalue weighted by Gasteiger charge is 2.16.